The smallest absolute Gasteiger partial charge is 0.286 e. The summed E-state index contributed by atoms with van der Waals surface area (Å²) >= 11 is 1.46. The topological polar surface area (TPSA) is 55.6 Å². The molecule has 1 N–H and O–H groups in total. The largest absolute Gasteiger partial charge is 0.454 e. The molecular weight excluding hydrogens is 314 g/mol. The lowest BCUT2D eigenvalue weighted by atomic mass is 10.2. The molecule has 0 unspecified atom stereocenters. The Bertz CT molecular complexity index is 709. The van der Waals surface area contributed by atoms with Crippen LogP contribution in [0, 0.1) is 0 Å². The Morgan fingerprint density at radius 3 is 2.87 bits per heavy atom. The van der Waals surface area contributed by atoms with E-state index in [1.807, 2.05) is 24.3 Å². The monoisotopic (exact) mass is 332 g/mol. The SMILES string of the molecule is C[NH+]1CCN(C2=NC(=O)/C(=C\c3ccc4c(c3)OCO4)S2)CC1. The fourth-order valence-corrected chi connectivity index (χ4v) is 3.73. The van der Waals surface area contributed by atoms with Gasteiger partial charge in [0.2, 0.25) is 6.79 Å². The summed E-state index contributed by atoms with van der Waals surface area (Å²) in [6.45, 7) is 4.30. The highest BCUT2D eigenvalue weighted by molar-refractivity contribution is 8.18. The van der Waals surface area contributed by atoms with Gasteiger partial charge in [0, 0.05) is 0 Å². The second-order valence-electron chi connectivity index (χ2n) is 5.87. The predicted octanol–water partition coefficient (Wildman–Crippen LogP) is 0.216. The number of thioether (sulfide) groups is 1. The summed E-state index contributed by atoms with van der Waals surface area (Å²) < 4.78 is 10.7. The number of hydrogen-bond donors (Lipinski definition) is 1. The number of amidine groups is 1. The Morgan fingerprint density at radius 2 is 2.04 bits per heavy atom. The summed E-state index contributed by atoms with van der Waals surface area (Å²) in [4.78, 5) is 20.8. The predicted molar refractivity (Wildman–Crippen MR) is 88.8 cm³/mol. The van der Waals surface area contributed by atoms with Gasteiger partial charge in [-0.2, -0.15) is 4.99 Å². The van der Waals surface area contributed by atoms with Crippen LogP contribution in [-0.4, -0.2) is 56.0 Å². The van der Waals surface area contributed by atoms with E-state index < -0.39 is 0 Å². The Morgan fingerprint density at radius 1 is 1.26 bits per heavy atom. The van der Waals surface area contributed by atoms with Crippen molar-refractivity contribution >= 4 is 28.9 Å². The summed E-state index contributed by atoms with van der Waals surface area (Å²) in [5, 5.41) is 0.828. The lowest BCUT2D eigenvalue weighted by Crippen LogP contribution is -3.12. The average Bonchev–Trinajstić information content (AvgIpc) is 3.15. The maximum Gasteiger partial charge on any atom is 0.286 e. The summed E-state index contributed by atoms with van der Waals surface area (Å²) in [7, 11) is 2.19. The average molecular weight is 332 g/mol. The van der Waals surface area contributed by atoms with Gasteiger partial charge in [-0.15, -0.1) is 0 Å². The first kappa shape index (κ1) is 14.6. The van der Waals surface area contributed by atoms with Crippen LogP contribution in [0.3, 0.4) is 0 Å². The van der Waals surface area contributed by atoms with Crippen LogP contribution in [0.2, 0.25) is 0 Å². The van der Waals surface area contributed by atoms with Crippen LogP contribution < -0.4 is 14.4 Å². The molecule has 0 atom stereocenters. The second-order valence-corrected chi connectivity index (χ2v) is 6.88. The molecule has 1 aromatic carbocycles. The number of quaternary nitrogens is 1. The molecule has 1 fully saturated rings. The van der Waals surface area contributed by atoms with Crippen LogP contribution in [0.5, 0.6) is 11.5 Å². The van der Waals surface area contributed by atoms with Crippen molar-refractivity contribution in [1.29, 1.82) is 0 Å². The number of nitrogens with one attached hydrogen (secondary N) is 1. The molecule has 0 bridgehead atoms. The molecule has 4 rings (SSSR count). The van der Waals surface area contributed by atoms with Gasteiger partial charge in [-0.1, -0.05) is 6.07 Å². The van der Waals surface area contributed by atoms with E-state index in [1.165, 1.54) is 16.7 Å². The van der Waals surface area contributed by atoms with Gasteiger partial charge in [-0.25, -0.2) is 0 Å². The molecule has 0 radical (unpaired) electrons. The number of likely N-dealkylation sites (N-methyl/N-ethyl adjacent to an activating group) is 1. The molecule has 1 amide bonds. The molecule has 1 saturated heterocycles. The zero-order chi connectivity index (χ0) is 15.8. The molecular formula is C16H18N3O3S+. The van der Waals surface area contributed by atoms with E-state index in [0.29, 0.717) is 4.91 Å². The minimum atomic E-state index is -0.158. The Hall–Kier alpha value is -1.99. The number of carbonyl (C=O) groups excluding carboxylic acids is 1. The Kier molecular flexibility index (Phi) is 3.74. The van der Waals surface area contributed by atoms with Crippen molar-refractivity contribution in [2.24, 2.45) is 4.99 Å². The number of carbonyl (C=O) groups is 1. The first-order valence-corrected chi connectivity index (χ1v) is 8.49. The molecule has 6 nitrogen and oxygen atoms in total. The van der Waals surface area contributed by atoms with Gasteiger partial charge in [-0.3, -0.25) is 4.79 Å². The van der Waals surface area contributed by atoms with Crippen molar-refractivity contribution in [2.75, 3.05) is 40.0 Å². The van der Waals surface area contributed by atoms with Crippen molar-refractivity contribution in [3.63, 3.8) is 0 Å². The molecule has 0 saturated carbocycles. The van der Waals surface area contributed by atoms with E-state index in [-0.39, 0.29) is 12.7 Å². The summed E-state index contributed by atoms with van der Waals surface area (Å²) in [5.41, 5.74) is 0.921. The number of hydrogen-bond acceptors (Lipinski definition) is 5. The molecule has 1 aromatic rings. The fourth-order valence-electron chi connectivity index (χ4n) is 2.77. The maximum atomic E-state index is 12.2. The number of amides is 1. The van der Waals surface area contributed by atoms with Crippen molar-refractivity contribution < 1.29 is 19.2 Å². The van der Waals surface area contributed by atoms with Crippen molar-refractivity contribution in [3.8, 4) is 11.5 Å². The van der Waals surface area contributed by atoms with Crippen LogP contribution in [-0.2, 0) is 4.79 Å². The summed E-state index contributed by atoms with van der Waals surface area (Å²) in [6.07, 6.45) is 1.87. The Labute approximate surface area is 138 Å². The van der Waals surface area contributed by atoms with E-state index in [0.717, 1.165) is 48.4 Å². The number of piperazine rings is 1. The molecule has 23 heavy (non-hydrogen) atoms. The first-order chi connectivity index (χ1) is 11.2. The fraction of sp³-hybridized carbons (Fsp3) is 0.375. The molecule has 3 aliphatic heterocycles. The third-order valence-electron chi connectivity index (χ3n) is 4.19. The standard InChI is InChI=1S/C16H17N3O3S/c1-18-4-6-19(7-5-18)16-17-15(20)14(23-16)9-11-2-3-12-13(8-11)22-10-21-12/h2-3,8-9H,4-7,10H2,1H3/p+1/b14-9+. The highest BCUT2D eigenvalue weighted by Crippen LogP contribution is 2.35. The van der Waals surface area contributed by atoms with E-state index in [2.05, 4.69) is 16.9 Å². The lowest BCUT2D eigenvalue weighted by Gasteiger charge is -2.30. The van der Waals surface area contributed by atoms with E-state index in [1.54, 1.807) is 0 Å². The van der Waals surface area contributed by atoms with E-state index >= 15 is 0 Å². The number of aliphatic imine (C=N–C) groups is 1. The maximum absolute atomic E-state index is 12.2. The molecule has 7 heteroatoms. The van der Waals surface area contributed by atoms with E-state index in [4.69, 9.17) is 9.47 Å². The zero-order valence-corrected chi connectivity index (χ0v) is 13.7. The van der Waals surface area contributed by atoms with Crippen molar-refractivity contribution in [3.05, 3.63) is 28.7 Å². The quantitative estimate of drug-likeness (QED) is 0.746. The van der Waals surface area contributed by atoms with Gasteiger partial charge in [0.25, 0.3) is 5.91 Å². The van der Waals surface area contributed by atoms with Gasteiger partial charge in [0.1, 0.15) is 0 Å². The van der Waals surface area contributed by atoms with Gasteiger partial charge >= 0.3 is 0 Å². The van der Waals surface area contributed by atoms with Crippen LogP contribution in [0.4, 0.5) is 0 Å². The molecule has 120 valence electrons. The minimum absolute atomic E-state index is 0.158. The van der Waals surface area contributed by atoms with Gasteiger partial charge in [0.15, 0.2) is 16.7 Å². The number of nitrogens with zero attached hydrogens (tertiary/aromatic N) is 2. The zero-order valence-electron chi connectivity index (χ0n) is 12.9. The van der Waals surface area contributed by atoms with Crippen molar-refractivity contribution in [1.82, 2.24) is 4.90 Å². The summed E-state index contributed by atoms with van der Waals surface area (Å²) in [5.74, 6) is 1.31. The third-order valence-corrected chi connectivity index (χ3v) is 5.24. The first-order valence-electron chi connectivity index (χ1n) is 7.67. The lowest BCUT2D eigenvalue weighted by molar-refractivity contribution is -0.883. The van der Waals surface area contributed by atoms with Crippen LogP contribution in [0.15, 0.2) is 28.1 Å². The normalized spacial score (nSPS) is 22.8. The van der Waals surface area contributed by atoms with Gasteiger partial charge < -0.3 is 19.3 Å². The highest BCUT2D eigenvalue weighted by Gasteiger charge is 2.28. The molecule has 3 heterocycles. The van der Waals surface area contributed by atoms with Gasteiger partial charge in [0.05, 0.1) is 38.1 Å². The third kappa shape index (κ3) is 2.94. The number of rotatable bonds is 1. The number of benzene rings is 1. The van der Waals surface area contributed by atoms with Crippen LogP contribution in [0.25, 0.3) is 6.08 Å². The molecule has 0 spiro atoms. The number of fused-ring (bicyclic) bond motifs is 1. The highest BCUT2D eigenvalue weighted by atomic mass is 32.2. The van der Waals surface area contributed by atoms with Crippen molar-refractivity contribution in [2.45, 2.75) is 0 Å². The van der Waals surface area contributed by atoms with E-state index in [9.17, 15) is 4.79 Å². The minimum Gasteiger partial charge on any atom is -0.454 e. The second kappa shape index (κ2) is 5.90. The van der Waals surface area contributed by atoms with Crippen LogP contribution >= 0.6 is 11.8 Å². The summed E-state index contributed by atoms with van der Waals surface area (Å²) in [6, 6.07) is 5.68. The van der Waals surface area contributed by atoms with Gasteiger partial charge in [-0.05, 0) is 35.5 Å². The molecule has 0 aliphatic carbocycles. The molecule has 3 aliphatic rings. The number of ether oxygens (including phenoxy) is 2. The van der Waals surface area contributed by atoms with Crippen LogP contribution in [0.1, 0.15) is 5.56 Å². The Balaban J connectivity index is 1.49. The molecule has 0 aromatic heterocycles.